The van der Waals surface area contributed by atoms with Gasteiger partial charge in [-0.3, -0.25) is 0 Å². The van der Waals surface area contributed by atoms with E-state index in [9.17, 15) is 30.6 Å². The highest BCUT2D eigenvalue weighted by atomic mass is 16.7. The second-order valence-corrected chi connectivity index (χ2v) is 5.29. The van der Waals surface area contributed by atoms with E-state index in [1.54, 1.807) is 0 Å². The summed E-state index contributed by atoms with van der Waals surface area (Å²) in [4.78, 5) is 0. The maximum Gasteiger partial charge on any atom is 0.187 e. The summed E-state index contributed by atoms with van der Waals surface area (Å²) in [6.45, 7) is -2.45. The number of hydrogen-bond acceptors (Lipinski definition) is 11. The summed E-state index contributed by atoms with van der Waals surface area (Å²) in [6.07, 6.45) is -15.1. The van der Waals surface area contributed by atoms with E-state index < -0.39 is 74.9 Å². The zero-order valence-electron chi connectivity index (χ0n) is 13.7. The summed E-state index contributed by atoms with van der Waals surface area (Å²) >= 11 is 0. The lowest BCUT2D eigenvalue weighted by atomic mass is 9.98. The fourth-order valence-electron chi connectivity index (χ4n) is 2.16. The molecule has 0 amide bonds. The van der Waals surface area contributed by atoms with Gasteiger partial charge in [0, 0.05) is 0 Å². The molecule has 9 atom stereocenters. The Balaban J connectivity index is -0.00000176. The Morgan fingerprint density at radius 2 is 1.27 bits per heavy atom. The maximum absolute atomic E-state index is 9.83. The van der Waals surface area contributed by atoms with Crippen molar-refractivity contribution in [2.24, 2.45) is 0 Å². The maximum atomic E-state index is 9.83. The molecule has 1 aliphatic rings. The van der Waals surface area contributed by atoms with E-state index in [2.05, 4.69) is 0 Å². The smallest absolute Gasteiger partial charge is 0.187 e. The molecule has 0 aromatic heterocycles. The van der Waals surface area contributed by atoms with E-state index in [4.69, 9.17) is 24.8 Å². The van der Waals surface area contributed by atoms with Gasteiger partial charge in [-0.15, -0.1) is 0 Å². The van der Waals surface area contributed by atoms with Crippen molar-refractivity contribution < 1.29 is 71.9 Å². The Morgan fingerprint density at radius 1 is 0.769 bits per heavy atom. The Kier molecular flexibility index (Phi) is 15.8. The first kappa shape index (κ1) is 30.2. The lowest BCUT2D eigenvalue weighted by Crippen LogP contribution is -2.61. The second kappa shape index (κ2) is 13.6. The van der Waals surface area contributed by atoms with Gasteiger partial charge >= 0.3 is 0 Å². The third kappa shape index (κ3) is 6.87. The Labute approximate surface area is 148 Å². The van der Waals surface area contributed by atoms with Gasteiger partial charge in [0.2, 0.25) is 0 Å². The summed E-state index contributed by atoms with van der Waals surface area (Å²) in [7, 11) is 0. The molecule has 162 valence electrons. The van der Waals surface area contributed by atoms with Crippen LogP contribution in [0.4, 0.5) is 0 Å². The van der Waals surface area contributed by atoms with Crippen molar-refractivity contribution in [2.75, 3.05) is 19.8 Å². The average molecular weight is 398 g/mol. The van der Waals surface area contributed by atoms with Gasteiger partial charge in [0.1, 0.15) is 48.8 Å². The molecule has 1 heterocycles. The molecule has 1 rings (SSSR count). The van der Waals surface area contributed by atoms with Crippen LogP contribution in [-0.2, 0) is 9.47 Å². The van der Waals surface area contributed by atoms with E-state index in [-0.39, 0.29) is 16.4 Å². The predicted octanol–water partition coefficient (Wildman–Crippen LogP) is -8.24. The molecular weight excluding hydrogens is 368 g/mol. The van der Waals surface area contributed by atoms with Crippen molar-refractivity contribution in [2.45, 2.75) is 55.1 Å². The number of rotatable bonds is 8. The Morgan fingerprint density at radius 3 is 1.69 bits per heavy atom. The van der Waals surface area contributed by atoms with Crippen molar-refractivity contribution in [3.63, 3.8) is 0 Å². The normalized spacial score (nSPS) is 32.9. The minimum absolute atomic E-state index is 0. The first-order valence-electron chi connectivity index (χ1n) is 7.00. The van der Waals surface area contributed by atoms with E-state index in [1.165, 1.54) is 0 Å². The summed E-state index contributed by atoms with van der Waals surface area (Å²) in [5.74, 6) is 0. The Bertz CT molecular complexity index is 344. The van der Waals surface area contributed by atoms with Crippen LogP contribution in [0.15, 0.2) is 0 Å². The van der Waals surface area contributed by atoms with Gasteiger partial charge in [-0.2, -0.15) is 0 Å². The van der Waals surface area contributed by atoms with Crippen molar-refractivity contribution in [3.8, 4) is 0 Å². The topological polar surface area (TPSA) is 295 Å². The molecule has 0 unspecified atom stereocenters. The molecule has 0 spiro atoms. The van der Waals surface area contributed by atoms with Gasteiger partial charge in [0.15, 0.2) is 6.29 Å². The highest BCUT2D eigenvalue weighted by Crippen LogP contribution is 2.24. The van der Waals surface area contributed by atoms with E-state index in [0.717, 1.165) is 0 Å². The second-order valence-electron chi connectivity index (χ2n) is 5.29. The quantitative estimate of drug-likeness (QED) is 0.185. The van der Waals surface area contributed by atoms with Crippen molar-refractivity contribution in [3.05, 3.63) is 0 Å². The molecule has 14 nitrogen and oxygen atoms in total. The molecule has 1 saturated heterocycles. The van der Waals surface area contributed by atoms with Crippen LogP contribution in [0, 0.1) is 0 Å². The minimum atomic E-state index is -1.85. The minimum Gasteiger partial charge on any atom is -0.412 e. The van der Waals surface area contributed by atoms with Gasteiger partial charge in [-0.1, -0.05) is 0 Å². The molecule has 15 N–H and O–H groups in total. The zero-order chi connectivity index (χ0) is 17.7. The molecule has 0 bridgehead atoms. The fourth-order valence-corrected chi connectivity index (χ4v) is 2.16. The van der Waals surface area contributed by atoms with Crippen LogP contribution in [-0.4, -0.2) is 137 Å². The van der Waals surface area contributed by atoms with Crippen molar-refractivity contribution in [1.82, 2.24) is 0 Å². The highest BCUT2D eigenvalue weighted by molar-refractivity contribution is 4.91. The van der Waals surface area contributed by atoms with Gasteiger partial charge < -0.3 is 71.9 Å². The summed E-state index contributed by atoms with van der Waals surface area (Å²) < 4.78 is 10.1. The van der Waals surface area contributed by atoms with E-state index >= 15 is 0 Å². The molecule has 14 heteroatoms. The molecule has 0 aromatic carbocycles. The molecule has 26 heavy (non-hydrogen) atoms. The van der Waals surface area contributed by atoms with Gasteiger partial charge in [-0.05, 0) is 0 Å². The largest absolute Gasteiger partial charge is 0.412 e. The number of ether oxygens (including phenoxy) is 2. The van der Waals surface area contributed by atoms with Crippen LogP contribution in [0.25, 0.3) is 0 Å². The molecule has 0 radical (unpaired) electrons. The van der Waals surface area contributed by atoms with Gasteiger partial charge in [0.05, 0.1) is 19.8 Å². The number of aliphatic hydroxyl groups is 9. The Hall–Kier alpha value is -0.560. The predicted molar refractivity (Wildman–Crippen MR) is 81.7 cm³/mol. The highest BCUT2D eigenvalue weighted by Gasteiger charge is 2.46. The van der Waals surface area contributed by atoms with Crippen LogP contribution < -0.4 is 0 Å². The molecule has 0 aromatic rings. The molecule has 1 aliphatic heterocycles. The molecule has 0 aliphatic carbocycles. The summed E-state index contributed by atoms with van der Waals surface area (Å²) in [5.41, 5.74) is 0. The standard InChI is InChI=1S/C12H24O11.3H2O/c13-1-4(16)7(18)11(5(17)2-14)23-12-10(21)9(20)8(19)6(3-15)22-12;;;/h4-21H,1-3H2;3*1H2/t4-,5+,6+,7+,8-,9-,10+,11+,12-;;;/m0.../s1. The van der Waals surface area contributed by atoms with Crippen LogP contribution in [0.2, 0.25) is 0 Å². The number of hydrogen-bond donors (Lipinski definition) is 9. The average Bonchev–Trinajstić information content (AvgIpc) is 2.57. The third-order valence-corrected chi connectivity index (χ3v) is 3.62. The summed E-state index contributed by atoms with van der Waals surface area (Å²) in [6, 6.07) is 0. The number of aliphatic hydroxyl groups excluding tert-OH is 9. The molecule has 1 fully saturated rings. The SMILES string of the molecule is O.O.O.OC[C@@H](O)[C@@H](O[C@@H]1O[C@H](CO)[C@H](O)[C@H](O)[C@H]1O)[C@H](O)[C@@H](O)CO. The lowest BCUT2D eigenvalue weighted by molar-refractivity contribution is -0.327. The van der Waals surface area contributed by atoms with E-state index in [0.29, 0.717) is 0 Å². The van der Waals surface area contributed by atoms with Gasteiger partial charge in [-0.25, -0.2) is 0 Å². The summed E-state index contributed by atoms with van der Waals surface area (Å²) in [5, 5.41) is 84.9. The zero-order valence-corrected chi connectivity index (χ0v) is 13.7. The van der Waals surface area contributed by atoms with Crippen molar-refractivity contribution in [1.29, 1.82) is 0 Å². The molecule has 0 saturated carbocycles. The fraction of sp³-hybridized carbons (Fsp3) is 1.00. The third-order valence-electron chi connectivity index (χ3n) is 3.62. The van der Waals surface area contributed by atoms with Crippen LogP contribution >= 0.6 is 0 Å². The van der Waals surface area contributed by atoms with Crippen molar-refractivity contribution >= 4 is 0 Å². The molecular formula is C12H30O14. The first-order valence-corrected chi connectivity index (χ1v) is 7.00. The lowest BCUT2D eigenvalue weighted by Gasteiger charge is -2.42. The van der Waals surface area contributed by atoms with Gasteiger partial charge in [0.25, 0.3) is 0 Å². The monoisotopic (exact) mass is 398 g/mol. The van der Waals surface area contributed by atoms with Crippen LogP contribution in [0.5, 0.6) is 0 Å². The van der Waals surface area contributed by atoms with E-state index in [1.807, 2.05) is 0 Å². The van der Waals surface area contributed by atoms with Crippen LogP contribution in [0.1, 0.15) is 0 Å². The first-order chi connectivity index (χ1) is 10.8. The van der Waals surface area contributed by atoms with Crippen LogP contribution in [0.3, 0.4) is 0 Å².